The summed E-state index contributed by atoms with van der Waals surface area (Å²) in [6, 6.07) is 2.56. The van der Waals surface area contributed by atoms with E-state index >= 15 is 0 Å². The molecule has 2 aliphatic rings. The van der Waals surface area contributed by atoms with Crippen molar-refractivity contribution in [2.75, 3.05) is 24.5 Å². The molecule has 0 aliphatic carbocycles. The molecule has 1 aromatic carbocycles. The number of anilines is 1. The number of sulfonamides is 1. The van der Waals surface area contributed by atoms with Gasteiger partial charge in [0, 0.05) is 25.7 Å². The summed E-state index contributed by atoms with van der Waals surface area (Å²) < 4.78 is 26.9. The van der Waals surface area contributed by atoms with Gasteiger partial charge < -0.3 is 15.1 Å². The first kappa shape index (κ1) is 21.0. The largest absolute Gasteiger partial charge is 0.481 e. The number of carboxylic acids is 2. The lowest BCUT2D eigenvalue weighted by molar-refractivity contribution is -0.384. The molecule has 0 aromatic heterocycles. The molecule has 0 radical (unpaired) electrons. The normalized spacial score (nSPS) is 21.2. The van der Waals surface area contributed by atoms with Gasteiger partial charge in [-0.3, -0.25) is 14.9 Å². The van der Waals surface area contributed by atoms with Gasteiger partial charge in [-0.25, -0.2) is 13.2 Å². The monoisotopic (exact) mass is 427 g/mol. The molecular formula is C17H21N3O8S. The molecule has 1 aromatic rings. The van der Waals surface area contributed by atoms with Crippen molar-refractivity contribution in [2.24, 2.45) is 5.92 Å². The highest BCUT2D eigenvalue weighted by molar-refractivity contribution is 7.89. The lowest BCUT2D eigenvalue weighted by atomic mass is 9.99. The average molecular weight is 427 g/mol. The van der Waals surface area contributed by atoms with Crippen LogP contribution in [-0.2, 0) is 19.6 Å². The van der Waals surface area contributed by atoms with Gasteiger partial charge >= 0.3 is 11.9 Å². The van der Waals surface area contributed by atoms with Crippen molar-refractivity contribution in [2.45, 2.75) is 36.6 Å². The van der Waals surface area contributed by atoms with E-state index in [2.05, 4.69) is 0 Å². The zero-order valence-corrected chi connectivity index (χ0v) is 16.2. The quantitative estimate of drug-likeness (QED) is 0.501. The molecule has 2 heterocycles. The fourth-order valence-electron chi connectivity index (χ4n) is 3.86. The maximum Gasteiger partial charge on any atom is 0.326 e. The second-order valence-corrected chi connectivity index (χ2v) is 9.05. The van der Waals surface area contributed by atoms with Crippen molar-refractivity contribution in [3.05, 3.63) is 28.3 Å². The summed E-state index contributed by atoms with van der Waals surface area (Å²) in [5.74, 6) is -2.67. The van der Waals surface area contributed by atoms with Crippen LogP contribution in [0.5, 0.6) is 0 Å². The SMILES string of the molecule is O=C(O)C1CCN(S(=O)(=O)c2ccc(N3CCC[C@H]3C(=O)O)c([N+](=O)[O-])c2)CC1. The van der Waals surface area contributed by atoms with Gasteiger partial charge in [0.25, 0.3) is 5.69 Å². The zero-order valence-electron chi connectivity index (χ0n) is 15.4. The van der Waals surface area contributed by atoms with Gasteiger partial charge in [0.05, 0.1) is 15.7 Å². The molecule has 1 atom stereocenters. The Morgan fingerprint density at radius 2 is 1.72 bits per heavy atom. The topological polar surface area (TPSA) is 158 Å². The fraction of sp³-hybridized carbons (Fsp3) is 0.529. The van der Waals surface area contributed by atoms with Gasteiger partial charge in [0.2, 0.25) is 10.0 Å². The fourth-order valence-corrected chi connectivity index (χ4v) is 5.35. The molecule has 2 fully saturated rings. The van der Waals surface area contributed by atoms with Crippen LogP contribution in [0.1, 0.15) is 25.7 Å². The van der Waals surface area contributed by atoms with Gasteiger partial charge in [0.15, 0.2) is 0 Å². The predicted octanol–water partition coefficient (Wildman–Crippen LogP) is 1.13. The number of hydrogen-bond acceptors (Lipinski definition) is 7. The van der Waals surface area contributed by atoms with Crippen molar-refractivity contribution in [1.82, 2.24) is 4.31 Å². The molecule has 0 bridgehead atoms. The van der Waals surface area contributed by atoms with E-state index in [1.807, 2.05) is 0 Å². The number of nitrogens with zero attached hydrogens (tertiary/aromatic N) is 3. The summed E-state index contributed by atoms with van der Waals surface area (Å²) in [4.78, 5) is 34.5. The third kappa shape index (κ3) is 4.03. The number of rotatable bonds is 6. The summed E-state index contributed by atoms with van der Waals surface area (Å²) >= 11 is 0. The minimum Gasteiger partial charge on any atom is -0.481 e. The summed E-state index contributed by atoms with van der Waals surface area (Å²) in [7, 11) is -4.04. The van der Waals surface area contributed by atoms with E-state index in [0.717, 1.165) is 10.4 Å². The molecule has 158 valence electrons. The van der Waals surface area contributed by atoms with Crippen LogP contribution in [-0.4, -0.2) is 65.5 Å². The molecule has 3 rings (SSSR count). The average Bonchev–Trinajstić information content (AvgIpc) is 3.17. The summed E-state index contributed by atoms with van der Waals surface area (Å²) in [6.45, 7) is 0.358. The summed E-state index contributed by atoms with van der Waals surface area (Å²) in [6.07, 6.45) is 1.25. The Hall–Kier alpha value is -2.73. The van der Waals surface area contributed by atoms with Gasteiger partial charge in [-0.05, 0) is 37.8 Å². The Morgan fingerprint density at radius 3 is 2.28 bits per heavy atom. The second kappa shape index (κ2) is 7.95. The predicted molar refractivity (Wildman–Crippen MR) is 100 cm³/mol. The Labute approximate surface area is 166 Å². The van der Waals surface area contributed by atoms with Crippen molar-refractivity contribution in [3.63, 3.8) is 0 Å². The highest BCUT2D eigenvalue weighted by Gasteiger charge is 2.37. The minimum atomic E-state index is -4.04. The molecule has 2 saturated heterocycles. The van der Waals surface area contributed by atoms with Crippen LogP contribution in [0.15, 0.2) is 23.1 Å². The Morgan fingerprint density at radius 1 is 1.07 bits per heavy atom. The Bertz CT molecular complexity index is 940. The molecule has 12 heteroatoms. The van der Waals surface area contributed by atoms with E-state index in [9.17, 15) is 33.2 Å². The van der Waals surface area contributed by atoms with E-state index < -0.39 is 44.5 Å². The van der Waals surface area contributed by atoms with Crippen LogP contribution in [0.25, 0.3) is 0 Å². The number of hydrogen-bond donors (Lipinski definition) is 2. The number of aliphatic carboxylic acids is 2. The first-order valence-electron chi connectivity index (χ1n) is 9.13. The molecule has 0 unspecified atom stereocenters. The maximum atomic E-state index is 12.9. The molecule has 0 amide bonds. The van der Waals surface area contributed by atoms with Gasteiger partial charge in [-0.1, -0.05) is 0 Å². The number of nitro benzene ring substituents is 1. The number of benzene rings is 1. The third-order valence-electron chi connectivity index (χ3n) is 5.43. The summed E-state index contributed by atoms with van der Waals surface area (Å²) in [5, 5.41) is 30.0. The molecule has 29 heavy (non-hydrogen) atoms. The number of piperidine rings is 1. The molecule has 11 nitrogen and oxygen atoms in total. The van der Waals surface area contributed by atoms with E-state index in [1.54, 1.807) is 0 Å². The Balaban J connectivity index is 1.91. The number of carboxylic acid groups (broad SMARTS) is 2. The standard InChI is InChI=1S/C17H21N3O8S/c21-16(22)11-5-8-18(9-6-11)29(27,28)12-3-4-13(15(10-12)20(25)26)19-7-1-2-14(19)17(23)24/h3-4,10-11,14H,1-2,5-9H2,(H,21,22)(H,23,24)/t14-/m0/s1. The summed E-state index contributed by atoms with van der Waals surface area (Å²) in [5.41, 5.74) is -0.400. The van der Waals surface area contributed by atoms with Crippen molar-refractivity contribution >= 4 is 33.3 Å². The second-order valence-electron chi connectivity index (χ2n) is 7.11. The van der Waals surface area contributed by atoms with Crippen LogP contribution in [0.4, 0.5) is 11.4 Å². The highest BCUT2D eigenvalue weighted by atomic mass is 32.2. The van der Waals surface area contributed by atoms with Crippen LogP contribution < -0.4 is 4.90 Å². The minimum absolute atomic E-state index is 0.0159. The van der Waals surface area contributed by atoms with Gasteiger partial charge in [0.1, 0.15) is 11.7 Å². The lowest BCUT2D eigenvalue weighted by Gasteiger charge is -2.29. The Kier molecular flexibility index (Phi) is 5.75. The van der Waals surface area contributed by atoms with Crippen LogP contribution in [0.2, 0.25) is 0 Å². The van der Waals surface area contributed by atoms with Crippen molar-refractivity contribution in [3.8, 4) is 0 Å². The molecule has 0 saturated carbocycles. The highest BCUT2D eigenvalue weighted by Crippen LogP contribution is 2.36. The lowest BCUT2D eigenvalue weighted by Crippen LogP contribution is -2.40. The number of nitro groups is 1. The van der Waals surface area contributed by atoms with Gasteiger partial charge in [-0.2, -0.15) is 4.31 Å². The van der Waals surface area contributed by atoms with Crippen LogP contribution in [0.3, 0.4) is 0 Å². The van der Waals surface area contributed by atoms with E-state index in [4.69, 9.17) is 5.11 Å². The van der Waals surface area contributed by atoms with E-state index in [-0.39, 0.29) is 36.5 Å². The third-order valence-corrected chi connectivity index (χ3v) is 7.33. The molecule has 0 spiro atoms. The van der Waals surface area contributed by atoms with E-state index in [0.29, 0.717) is 19.4 Å². The molecular weight excluding hydrogens is 406 g/mol. The van der Waals surface area contributed by atoms with Crippen LogP contribution >= 0.6 is 0 Å². The molecule has 2 aliphatic heterocycles. The number of carbonyl (C=O) groups is 2. The van der Waals surface area contributed by atoms with Crippen molar-refractivity contribution in [1.29, 1.82) is 0 Å². The molecule has 2 N–H and O–H groups in total. The smallest absolute Gasteiger partial charge is 0.326 e. The van der Waals surface area contributed by atoms with Gasteiger partial charge in [-0.15, -0.1) is 0 Å². The first-order chi connectivity index (χ1) is 13.6. The van der Waals surface area contributed by atoms with E-state index in [1.165, 1.54) is 17.0 Å². The van der Waals surface area contributed by atoms with Crippen LogP contribution in [0, 0.1) is 16.0 Å². The zero-order chi connectivity index (χ0) is 21.3. The maximum absolute atomic E-state index is 12.9. The first-order valence-corrected chi connectivity index (χ1v) is 10.6. The van der Waals surface area contributed by atoms with Crippen molar-refractivity contribution < 1.29 is 33.1 Å².